The van der Waals surface area contributed by atoms with Crippen molar-refractivity contribution in [3.8, 4) is 5.75 Å². The monoisotopic (exact) mass is 360 g/mol. The van der Waals surface area contributed by atoms with Gasteiger partial charge in [0.15, 0.2) is 0 Å². The van der Waals surface area contributed by atoms with E-state index in [1.165, 1.54) is 18.2 Å². The molecule has 8 heteroatoms. The fourth-order valence-electron chi connectivity index (χ4n) is 2.88. The Morgan fingerprint density at radius 3 is 2.50 bits per heavy atom. The summed E-state index contributed by atoms with van der Waals surface area (Å²) in [5.41, 5.74) is 0.109. The molecule has 1 heterocycles. The topological polar surface area (TPSA) is 120 Å². The van der Waals surface area contributed by atoms with Crippen molar-refractivity contribution < 1.29 is 35.0 Å². The Labute approximate surface area is 144 Å². The van der Waals surface area contributed by atoms with Gasteiger partial charge in [0.2, 0.25) is 5.79 Å². The van der Waals surface area contributed by atoms with Crippen LogP contribution in [0.2, 0.25) is 5.02 Å². The van der Waals surface area contributed by atoms with E-state index in [0.717, 1.165) is 19.3 Å². The number of aliphatic hydroxyl groups is 5. The zero-order valence-electron chi connectivity index (χ0n) is 12.9. The number of benzene rings is 1. The molecule has 5 N–H and O–H groups in total. The Hall–Kier alpha value is -0.930. The predicted molar refractivity (Wildman–Crippen MR) is 83.6 cm³/mol. The van der Waals surface area contributed by atoms with E-state index in [9.17, 15) is 25.5 Å². The van der Waals surface area contributed by atoms with E-state index < -0.39 is 36.8 Å². The van der Waals surface area contributed by atoms with E-state index in [1.54, 1.807) is 0 Å². The van der Waals surface area contributed by atoms with Gasteiger partial charge in [-0.3, -0.25) is 0 Å². The standard InChI is InChI=1S/C16H21ClO7/c17-10-5-4-8(6-11(10)23-9-2-1-3-9)16(22)15(21)14(20)13(19)12(7-18)24-16/h4-6,9,12-15,18-22H,1-3,7H2/t12-,13-,14+,15-,16-/m1/s1. The van der Waals surface area contributed by atoms with E-state index in [-0.39, 0.29) is 11.7 Å². The lowest BCUT2D eigenvalue weighted by molar-refractivity contribution is -0.357. The third-order valence-corrected chi connectivity index (χ3v) is 4.97. The number of aliphatic hydroxyl groups excluding tert-OH is 4. The van der Waals surface area contributed by atoms with Crippen molar-refractivity contribution in [3.05, 3.63) is 28.8 Å². The van der Waals surface area contributed by atoms with Crippen molar-refractivity contribution in [2.24, 2.45) is 0 Å². The number of hydrogen-bond acceptors (Lipinski definition) is 7. The average Bonchev–Trinajstić information content (AvgIpc) is 2.53. The van der Waals surface area contributed by atoms with Gasteiger partial charge in [-0.1, -0.05) is 17.7 Å². The highest BCUT2D eigenvalue weighted by Crippen LogP contribution is 2.40. The van der Waals surface area contributed by atoms with Crippen LogP contribution in [0.3, 0.4) is 0 Å². The Balaban J connectivity index is 1.91. The van der Waals surface area contributed by atoms with Crippen LogP contribution >= 0.6 is 11.6 Å². The highest BCUT2D eigenvalue weighted by atomic mass is 35.5. The maximum atomic E-state index is 10.8. The van der Waals surface area contributed by atoms with Gasteiger partial charge in [-0.25, -0.2) is 0 Å². The summed E-state index contributed by atoms with van der Waals surface area (Å²) < 4.78 is 11.0. The fraction of sp³-hybridized carbons (Fsp3) is 0.625. The Morgan fingerprint density at radius 2 is 1.92 bits per heavy atom. The molecule has 0 bridgehead atoms. The number of halogens is 1. The maximum Gasteiger partial charge on any atom is 0.222 e. The summed E-state index contributed by atoms with van der Waals surface area (Å²) in [6.45, 7) is -0.633. The molecule has 2 aliphatic rings. The summed E-state index contributed by atoms with van der Waals surface area (Å²) in [6, 6.07) is 4.35. The molecule has 134 valence electrons. The van der Waals surface area contributed by atoms with Crippen LogP contribution < -0.4 is 4.74 Å². The van der Waals surface area contributed by atoms with E-state index in [4.69, 9.17) is 21.1 Å². The summed E-state index contributed by atoms with van der Waals surface area (Å²) in [6.07, 6.45) is -3.30. The van der Waals surface area contributed by atoms with Crippen molar-refractivity contribution in [1.29, 1.82) is 0 Å². The third kappa shape index (κ3) is 3.01. The van der Waals surface area contributed by atoms with Gasteiger partial charge in [0.25, 0.3) is 0 Å². The smallest absolute Gasteiger partial charge is 0.222 e. The zero-order chi connectivity index (χ0) is 17.5. The first-order valence-electron chi connectivity index (χ1n) is 7.88. The molecule has 5 atom stereocenters. The van der Waals surface area contributed by atoms with Crippen molar-refractivity contribution in [3.63, 3.8) is 0 Å². The summed E-state index contributed by atoms with van der Waals surface area (Å²) in [4.78, 5) is 0. The first-order valence-corrected chi connectivity index (χ1v) is 8.26. The number of ether oxygens (including phenoxy) is 2. The molecular weight excluding hydrogens is 340 g/mol. The van der Waals surface area contributed by atoms with E-state index in [1.807, 2.05) is 0 Å². The minimum atomic E-state index is -2.31. The molecule has 0 aromatic heterocycles. The van der Waals surface area contributed by atoms with Crippen molar-refractivity contribution in [1.82, 2.24) is 0 Å². The fourth-order valence-corrected chi connectivity index (χ4v) is 3.04. The van der Waals surface area contributed by atoms with Crippen LogP contribution in [0.5, 0.6) is 5.75 Å². The normalized spacial score (nSPS) is 37.1. The Bertz CT molecular complexity index is 592. The minimum absolute atomic E-state index is 0.0576. The molecule has 1 aliphatic heterocycles. The number of hydrogen-bond donors (Lipinski definition) is 5. The van der Waals surface area contributed by atoms with Crippen LogP contribution in [0.1, 0.15) is 24.8 Å². The summed E-state index contributed by atoms with van der Waals surface area (Å²) in [7, 11) is 0. The lowest BCUT2D eigenvalue weighted by Gasteiger charge is -2.45. The van der Waals surface area contributed by atoms with Crippen molar-refractivity contribution in [2.75, 3.05) is 6.61 Å². The molecular formula is C16H21ClO7. The first kappa shape index (κ1) is 17.9. The van der Waals surface area contributed by atoms with Gasteiger partial charge in [0, 0.05) is 5.56 Å². The third-order valence-electron chi connectivity index (χ3n) is 4.66. The van der Waals surface area contributed by atoms with Gasteiger partial charge in [-0.2, -0.15) is 0 Å². The maximum absolute atomic E-state index is 10.8. The summed E-state index contributed by atoms with van der Waals surface area (Å²) in [5, 5.41) is 50.3. The van der Waals surface area contributed by atoms with Gasteiger partial charge in [-0.15, -0.1) is 0 Å². The Kier molecular flexibility index (Phi) is 5.04. The molecule has 0 radical (unpaired) electrons. The van der Waals surface area contributed by atoms with Crippen LogP contribution in [0, 0.1) is 0 Å². The lowest BCUT2D eigenvalue weighted by Crippen LogP contribution is -2.63. The highest BCUT2D eigenvalue weighted by molar-refractivity contribution is 6.32. The molecule has 0 spiro atoms. The van der Waals surface area contributed by atoms with E-state index in [0.29, 0.717) is 10.8 Å². The van der Waals surface area contributed by atoms with Gasteiger partial charge < -0.3 is 35.0 Å². The van der Waals surface area contributed by atoms with Crippen molar-refractivity contribution >= 4 is 11.6 Å². The molecule has 2 fully saturated rings. The molecule has 1 aromatic carbocycles. The van der Waals surface area contributed by atoms with Gasteiger partial charge >= 0.3 is 0 Å². The van der Waals surface area contributed by atoms with Crippen LogP contribution in [-0.4, -0.2) is 62.7 Å². The highest BCUT2D eigenvalue weighted by Gasteiger charge is 2.53. The Morgan fingerprint density at radius 1 is 1.21 bits per heavy atom. The van der Waals surface area contributed by atoms with Gasteiger partial charge in [0.1, 0.15) is 30.2 Å². The molecule has 0 unspecified atom stereocenters. The predicted octanol–water partition coefficient (Wildman–Crippen LogP) is -0.110. The second kappa shape index (κ2) is 6.76. The second-order valence-corrected chi connectivity index (χ2v) is 6.68. The largest absolute Gasteiger partial charge is 0.489 e. The molecule has 0 amide bonds. The zero-order valence-corrected chi connectivity index (χ0v) is 13.6. The second-order valence-electron chi connectivity index (χ2n) is 6.28. The molecule has 1 aromatic rings. The molecule has 1 saturated carbocycles. The number of rotatable bonds is 4. The van der Waals surface area contributed by atoms with Gasteiger partial charge in [0.05, 0.1) is 17.7 Å². The van der Waals surface area contributed by atoms with Crippen molar-refractivity contribution in [2.45, 2.75) is 55.6 Å². The molecule has 1 aliphatic carbocycles. The quantitative estimate of drug-likeness (QED) is 0.508. The first-order chi connectivity index (χ1) is 11.4. The van der Waals surface area contributed by atoms with E-state index >= 15 is 0 Å². The van der Waals surface area contributed by atoms with Crippen LogP contribution in [0.15, 0.2) is 18.2 Å². The van der Waals surface area contributed by atoms with Crippen LogP contribution in [0.4, 0.5) is 0 Å². The van der Waals surface area contributed by atoms with Gasteiger partial charge in [-0.05, 0) is 31.4 Å². The minimum Gasteiger partial charge on any atom is -0.489 e. The molecule has 3 rings (SSSR count). The SMILES string of the molecule is OC[C@H]1O[C@](O)(c2ccc(Cl)c(OC3CCC3)c2)[C@H](O)[C@@H](O)[C@@H]1O. The summed E-state index contributed by atoms with van der Waals surface area (Å²) >= 11 is 6.11. The molecule has 7 nitrogen and oxygen atoms in total. The van der Waals surface area contributed by atoms with E-state index in [2.05, 4.69) is 0 Å². The van der Waals surface area contributed by atoms with Crippen LogP contribution in [-0.2, 0) is 10.5 Å². The molecule has 1 saturated heterocycles. The van der Waals surface area contributed by atoms with Crippen LogP contribution in [0.25, 0.3) is 0 Å². The average molecular weight is 361 g/mol. The lowest BCUT2D eigenvalue weighted by atomic mass is 9.88. The summed E-state index contributed by atoms with van der Waals surface area (Å²) in [5.74, 6) is -1.97. The molecule has 24 heavy (non-hydrogen) atoms.